The number of carbonyl (C=O) groups excluding carboxylic acids is 1. The van der Waals surface area contributed by atoms with Crippen LogP contribution in [0.4, 0.5) is 27.7 Å². The first-order valence-corrected chi connectivity index (χ1v) is 11.1. The molecule has 0 atom stereocenters. The molecule has 0 bridgehead atoms. The van der Waals surface area contributed by atoms with Crippen LogP contribution in [0.2, 0.25) is 0 Å². The third-order valence-corrected chi connectivity index (χ3v) is 5.47. The van der Waals surface area contributed by atoms with E-state index in [-0.39, 0.29) is 6.03 Å². The molecule has 0 aliphatic carbocycles. The largest absolute Gasteiger partial charge is 0.493 e. The van der Waals surface area contributed by atoms with E-state index in [1.165, 1.54) is 11.3 Å². The number of carbonyl (C=O) groups is 1. The normalized spacial score (nSPS) is 10.3. The van der Waals surface area contributed by atoms with Crippen molar-refractivity contribution >= 4 is 40.2 Å². The highest BCUT2D eigenvalue weighted by atomic mass is 32.1. The van der Waals surface area contributed by atoms with Gasteiger partial charge in [-0.15, -0.1) is 0 Å². The number of thiophene rings is 1. The molecule has 2 amide bonds. The van der Waals surface area contributed by atoms with E-state index in [1.807, 2.05) is 41.1 Å². The first kappa shape index (κ1) is 22.9. The lowest BCUT2D eigenvalue weighted by Crippen LogP contribution is -2.18. The number of amides is 2. The van der Waals surface area contributed by atoms with Crippen molar-refractivity contribution in [3.05, 3.63) is 65.6 Å². The fraction of sp³-hybridized carbons (Fsp3) is 0.125. The van der Waals surface area contributed by atoms with Gasteiger partial charge < -0.3 is 30.2 Å². The number of anilines is 4. The van der Waals surface area contributed by atoms with Crippen molar-refractivity contribution in [3.63, 3.8) is 0 Å². The van der Waals surface area contributed by atoms with E-state index < -0.39 is 0 Å². The molecule has 2 heterocycles. The Kier molecular flexibility index (Phi) is 7.09. The first-order chi connectivity index (χ1) is 16.6. The van der Waals surface area contributed by atoms with Gasteiger partial charge >= 0.3 is 6.03 Å². The van der Waals surface area contributed by atoms with Gasteiger partial charge in [0.15, 0.2) is 11.5 Å². The van der Waals surface area contributed by atoms with Crippen LogP contribution < -0.4 is 30.2 Å². The summed E-state index contributed by atoms with van der Waals surface area (Å²) < 4.78 is 16.2. The molecule has 0 radical (unpaired) electrons. The predicted molar refractivity (Wildman–Crippen MR) is 134 cm³/mol. The standard InChI is InChI=1S/C24H23N5O4S/c1-31-20-10-18(11-21(32-2)23(20)33-3)26-22-13-25-12-19(29-22)15-4-6-16(7-5-15)27-24(30)28-17-8-9-34-14-17/h4-14H,1-3H3,(H,26,29)(H2,27,28,30). The van der Waals surface area contributed by atoms with E-state index >= 15 is 0 Å². The van der Waals surface area contributed by atoms with Crippen LogP contribution in [0, 0.1) is 0 Å². The number of benzene rings is 2. The topological polar surface area (TPSA) is 107 Å². The van der Waals surface area contributed by atoms with Crippen LogP contribution in [-0.2, 0) is 0 Å². The van der Waals surface area contributed by atoms with E-state index in [0.29, 0.717) is 40.1 Å². The van der Waals surface area contributed by atoms with Crippen molar-refractivity contribution in [3.8, 4) is 28.5 Å². The molecule has 174 valence electrons. The highest BCUT2D eigenvalue weighted by Crippen LogP contribution is 2.40. The van der Waals surface area contributed by atoms with Gasteiger partial charge in [0.2, 0.25) is 5.75 Å². The summed E-state index contributed by atoms with van der Waals surface area (Å²) in [6.45, 7) is 0. The Morgan fingerprint density at radius 2 is 1.56 bits per heavy atom. The summed E-state index contributed by atoms with van der Waals surface area (Å²) in [4.78, 5) is 21.1. The number of rotatable bonds is 8. The maximum Gasteiger partial charge on any atom is 0.323 e. The van der Waals surface area contributed by atoms with Crippen molar-refractivity contribution < 1.29 is 19.0 Å². The molecule has 34 heavy (non-hydrogen) atoms. The maximum absolute atomic E-state index is 12.1. The highest BCUT2D eigenvalue weighted by Gasteiger charge is 2.14. The average molecular weight is 478 g/mol. The number of hydrogen-bond donors (Lipinski definition) is 3. The number of aromatic nitrogens is 2. The number of hydrogen-bond acceptors (Lipinski definition) is 8. The lowest BCUT2D eigenvalue weighted by molar-refractivity contribution is 0.262. The zero-order chi connectivity index (χ0) is 23.9. The minimum Gasteiger partial charge on any atom is -0.493 e. The molecule has 0 spiro atoms. The summed E-state index contributed by atoms with van der Waals surface area (Å²) in [5.74, 6) is 2.11. The third-order valence-electron chi connectivity index (χ3n) is 4.79. The molecule has 0 fully saturated rings. The molecular weight excluding hydrogens is 454 g/mol. The predicted octanol–water partition coefficient (Wildman–Crippen LogP) is 5.62. The summed E-state index contributed by atoms with van der Waals surface area (Å²) in [5.41, 5.74) is 3.65. The van der Waals surface area contributed by atoms with Crippen molar-refractivity contribution in [2.24, 2.45) is 0 Å². The quantitative estimate of drug-likeness (QED) is 0.302. The molecule has 10 heteroatoms. The van der Waals surface area contributed by atoms with E-state index in [9.17, 15) is 4.79 Å². The Balaban J connectivity index is 1.48. The van der Waals surface area contributed by atoms with E-state index in [4.69, 9.17) is 14.2 Å². The van der Waals surface area contributed by atoms with Gasteiger partial charge in [-0.1, -0.05) is 12.1 Å². The fourth-order valence-electron chi connectivity index (χ4n) is 3.22. The minimum absolute atomic E-state index is 0.303. The van der Waals surface area contributed by atoms with Gasteiger partial charge in [-0.2, -0.15) is 11.3 Å². The van der Waals surface area contributed by atoms with Crippen LogP contribution in [0.5, 0.6) is 17.2 Å². The van der Waals surface area contributed by atoms with Gasteiger partial charge in [0.05, 0.1) is 45.1 Å². The lowest BCUT2D eigenvalue weighted by atomic mass is 10.1. The highest BCUT2D eigenvalue weighted by molar-refractivity contribution is 7.08. The van der Waals surface area contributed by atoms with E-state index in [0.717, 1.165) is 11.3 Å². The number of methoxy groups -OCH3 is 3. The van der Waals surface area contributed by atoms with E-state index in [2.05, 4.69) is 25.9 Å². The molecule has 0 saturated heterocycles. The van der Waals surface area contributed by atoms with Crippen LogP contribution in [0.3, 0.4) is 0 Å². The summed E-state index contributed by atoms with van der Waals surface area (Å²) in [5, 5.41) is 12.6. The Bertz CT molecular complexity index is 1240. The van der Waals surface area contributed by atoms with Crippen LogP contribution in [-0.4, -0.2) is 37.3 Å². The molecule has 0 unspecified atom stereocenters. The molecule has 0 aliphatic heterocycles. The molecule has 3 N–H and O–H groups in total. The zero-order valence-electron chi connectivity index (χ0n) is 18.8. The number of urea groups is 1. The molecule has 9 nitrogen and oxygen atoms in total. The smallest absolute Gasteiger partial charge is 0.323 e. The lowest BCUT2D eigenvalue weighted by Gasteiger charge is -2.15. The van der Waals surface area contributed by atoms with Crippen molar-refractivity contribution in [2.75, 3.05) is 37.3 Å². The molecule has 2 aromatic heterocycles. The van der Waals surface area contributed by atoms with Crippen LogP contribution in [0.1, 0.15) is 0 Å². The molecule has 0 aliphatic rings. The molecule has 0 saturated carbocycles. The Morgan fingerprint density at radius 1 is 0.853 bits per heavy atom. The monoisotopic (exact) mass is 477 g/mol. The van der Waals surface area contributed by atoms with Gasteiger partial charge in [0.1, 0.15) is 5.82 Å². The van der Waals surface area contributed by atoms with Gasteiger partial charge in [-0.05, 0) is 23.6 Å². The molecule has 2 aromatic carbocycles. The summed E-state index contributed by atoms with van der Waals surface area (Å²) >= 11 is 1.52. The average Bonchev–Trinajstić information content (AvgIpc) is 3.37. The van der Waals surface area contributed by atoms with Crippen LogP contribution >= 0.6 is 11.3 Å². The summed E-state index contributed by atoms with van der Waals surface area (Å²) in [6, 6.07) is 12.5. The number of ether oxygens (including phenoxy) is 3. The van der Waals surface area contributed by atoms with Gasteiger partial charge in [-0.3, -0.25) is 4.98 Å². The van der Waals surface area contributed by atoms with E-state index in [1.54, 1.807) is 45.9 Å². The van der Waals surface area contributed by atoms with Gasteiger partial charge in [0.25, 0.3) is 0 Å². The third kappa shape index (κ3) is 5.36. The zero-order valence-corrected chi connectivity index (χ0v) is 19.6. The van der Waals surface area contributed by atoms with Crippen LogP contribution in [0.25, 0.3) is 11.3 Å². The molecular formula is C24H23N5O4S. The van der Waals surface area contributed by atoms with Gasteiger partial charge in [0, 0.05) is 34.5 Å². The number of nitrogens with zero attached hydrogens (tertiary/aromatic N) is 2. The second-order valence-corrected chi connectivity index (χ2v) is 7.78. The Morgan fingerprint density at radius 3 is 2.18 bits per heavy atom. The molecule has 4 rings (SSSR count). The molecule has 4 aromatic rings. The Labute approximate surface area is 200 Å². The maximum atomic E-state index is 12.1. The first-order valence-electron chi connectivity index (χ1n) is 10.2. The van der Waals surface area contributed by atoms with Gasteiger partial charge in [-0.25, -0.2) is 9.78 Å². The number of nitrogens with one attached hydrogen (secondary N) is 3. The van der Waals surface area contributed by atoms with Crippen LogP contribution in [0.15, 0.2) is 65.6 Å². The summed E-state index contributed by atoms with van der Waals surface area (Å²) in [6.07, 6.45) is 3.30. The fourth-order valence-corrected chi connectivity index (χ4v) is 3.81. The second-order valence-electron chi connectivity index (χ2n) is 7.00. The Hall–Kier alpha value is -4.31. The minimum atomic E-state index is -0.303. The van der Waals surface area contributed by atoms with Crippen molar-refractivity contribution in [1.82, 2.24) is 9.97 Å². The second kappa shape index (κ2) is 10.5. The summed E-state index contributed by atoms with van der Waals surface area (Å²) in [7, 11) is 4.68. The SMILES string of the molecule is COc1cc(Nc2cncc(-c3ccc(NC(=O)Nc4ccsc4)cc3)n2)cc(OC)c1OC. The van der Waals surface area contributed by atoms with Crippen molar-refractivity contribution in [1.29, 1.82) is 0 Å². The van der Waals surface area contributed by atoms with Crippen molar-refractivity contribution in [2.45, 2.75) is 0 Å².